The third kappa shape index (κ3) is 3.44. The molecule has 0 spiro atoms. The van der Waals surface area contributed by atoms with Gasteiger partial charge in [-0.05, 0) is 36.3 Å². The summed E-state index contributed by atoms with van der Waals surface area (Å²) in [6.07, 6.45) is 7.20. The first kappa shape index (κ1) is 16.1. The van der Waals surface area contributed by atoms with Crippen molar-refractivity contribution in [3.8, 4) is 0 Å². The van der Waals surface area contributed by atoms with Crippen LogP contribution in [0.5, 0.6) is 0 Å². The number of aromatic nitrogens is 1. The molecular formula is C20H28N2O. The van der Waals surface area contributed by atoms with Crippen molar-refractivity contribution >= 4 is 16.8 Å². The predicted molar refractivity (Wildman–Crippen MR) is 95.3 cm³/mol. The molecule has 1 saturated carbocycles. The van der Waals surface area contributed by atoms with Gasteiger partial charge in [0.15, 0.2) is 0 Å². The number of benzene rings is 1. The third-order valence-corrected chi connectivity index (χ3v) is 5.65. The van der Waals surface area contributed by atoms with Crippen LogP contribution in [0.4, 0.5) is 0 Å². The van der Waals surface area contributed by atoms with Gasteiger partial charge in [-0.2, -0.15) is 0 Å². The number of hydrogen-bond donors (Lipinski definition) is 1. The van der Waals surface area contributed by atoms with Crippen LogP contribution in [0.25, 0.3) is 10.9 Å². The number of nitrogens with one attached hydrogen (secondary N) is 1. The zero-order valence-corrected chi connectivity index (χ0v) is 14.5. The van der Waals surface area contributed by atoms with E-state index in [9.17, 15) is 4.79 Å². The van der Waals surface area contributed by atoms with E-state index in [1.54, 1.807) is 0 Å². The minimum Gasteiger partial charge on any atom is -0.353 e. The van der Waals surface area contributed by atoms with Gasteiger partial charge >= 0.3 is 0 Å². The number of amides is 1. The summed E-state index contributed by atoms with van der Waals surface area (Å²) < 4.78 is 2.15. The number of hydrogen-bond acceptors (Lipinski definition) is 1. The predicted octanol–water partition coefficient (Wildman–Crippen LogP) is 4.05. The number of carbonyl (C=O) groups is 1. The van der Waals surface area contributed by atoms with Gasteiger partial charge in [0.25, 0.3) is 0 Å². The van der Waals surface area contributed by atoms with Crippen LogP contribution in [0.3, 0.4) is 0 Å². The molecule has 1 aliphatic rings. The second-order valence-electron chi connectivity index (χ2n) is 7.22. The molecule has 1 heterocycles. The summed E-state index contributed by atoms with van der Waals surface area (Å²) in [4.78, 5) is 12.4. The van der Waals surface area contributed by atoms with E-state index >= 15 is 0 Å². The van der Waals surface area contributed by atoms with Crippen LogP contribution >= 0.6 is 0 Å². The highest BCUT2D eigenvalue weighted by Gasteiger charge is 2.27. The molecule has 124 valence electrons. The number of rotatable bonds is 4. The third-order valence-electron chi connectivity index (χ3n) is 5.65. The van der Waals surface area contributed by atoms with Gasteiger partial charge in [0.1, 0.15) is 0 Å². The van der Waals surface area contributed by atoms with E-state index in [4.69, 9.17) is 0 Å². The van der Waals surface area contributed by atoms with Crippen molar-refractivity contribution in [2.45, 2.75) is 52.0 Å². The highest BCUT2D eigenvalue weighted by Crippen LogP contribution is 2.29. The first-order valence-electron chi connectivity index (χ1n) is 8.88. The Morgan fingerprint density at radius 2 is 2.04 bits per heavy atom. The topological polar surface area (TPSA) is 34.0 Å². The molecule has 0 aliphatic heterocycles. The molecule has 3 atom stereocenters. The maximum atomic E-state index is 12.4. The summed E-state index contributed by atoms with van der Waals surface area (Å²) in [7, 11) is 2.07. The van der Waals surface area contributed by atoms with Gasteiger partial charge in [-0.15, -0.1) is 0 Å². The molecule has 0 radical (unpaired) electrons. The van der Waals surface area contributed by atoms with Gasteiger partial charge in [0.05, 0.1) is 0 Å². The van der Waals surface area contributed by atoms with Gasteiger partial charge in [-0.25, -0.2) is 0 Å². The number of aryl methyl sites for hydroxylation is 2. The Labute approximate surface area is 139 Å². The van der Waals surface area contributed by atoms with Gasteiger partial charge in [-0.1, -0.05) is 44.9 Å². The lowest BCUT2D eigenvalue weighted by Crippen LogP contribution is -2.43. The highest BCUT2D eigenvalue weighted by molar-refractivity contribution is 5.85. The zero-order valence-electron chi connectivity index (χ0n) is 14.5. The van der Waals surface area contributed by atoms with Crippen LogP contribution in [0, 0.1) is 11.8 Å². The smallest absolute Gasteiger partial charge is 0.220 e. The van der Waals surface area contributed by atoms with Crippen LogP contribution in [0.2, 0.25) is 0 Å². The maximum absolute atomic E-state index is 12.4. The summed E-state index contributed by atoms with van der Waals surface area (Å²) >= 11 is 0. The molecule has 3 heteroatoms. The first-order valence-corrected chi connectivity index (χ1v) is 8.88. The van der Waals surface area contributed by atoms with Crippen LogP contribution < -0.4 is 5.32 Å². The molecule has 23 heavy (non-hydrogen) atoms. The SMILES string of the molecule is C[C@H]1[C@H](C)CCC[C@H]1NC(=O)CCc1cn(C)c2ccccc12. The van der Waals surface area contributed by atoms with Gasteiger partial charge < -0.3 is 9.88 Å². The van der Waals surface area contributed by atoms with E-state index in [1.165, 1.54) is 29.3 Å². The largest absolute Gasteiger partial charge is 0.353 e. The Bertz CT molecular complexity index is 688. The number of para-hydroxylation sites is 1. The molecule has 1 aliphatic carbocycles. The van der Waals surface area contributed by atoms with E-state index < -0.39 is 0 Å². The normalized spacial score (nSPS) is 24.7. The van der Waals surface area contributed by atoms with Crippen molar-refractivity contribution < 1.29 is 4.79 Å². The van der Waals surface area contributed by atoms with Crippen molar-refractivity contribution in [2.24, 2.45) is 18.9 Å². The molecule has 3 rings (SSSR count). The molecule has 2 aromatic rings. The lowest BCUT2D eigenvalue weighted by Gasteiger charge is -2.34. The summed E-state index contributed by atoms with van der Waals surface area (Å²) in [5.74, 6) is 1.50. The second kappa shape index (κ2) is 6.77. The quantitative estimate of drug-likeness (QED) is 0.908. The number of nitrogens with zero attached hydrogens (tertiary/aromatic N) is 1. The monoisotopic (exact) mass is 312 g/mol. The van der Waals surface area contributed by atoms with Crippen molar-refractivity contribution in [3.05, 3.63) is 36.0 Å². The van der Waals surface area contributed by atoms with Crippen molar-refractivity contribution in [3.63, 3.8) is 0 Å². The van der Waals surface area contributed by atoms with Crippen LogP contribution in [-0.2, 0) is 18.3 Å². The Morgan fingerprint density at radius 1 is 1.26 bits per heavy atom. The minimum absolute atomic E-state index is 0.198. The van der Waals surface area contributed by atoms with Crippen molar-refractivity contribution in [2.75, 3.05) is 0 Å². The van der Waals surface area contributed by atoms with Crippen molar-refractivity contribution in [1.29, 1.82) is 0 Å². The van der Waals surface area contributed by atoms with Gasteiger partial charge in [0, 0.05) is 36.6 Å². The van der Waals surface area contributed by atoms with E-state index in [0.29, 0.717) is 24.3 Å². The molecule has 1 aromatic carbocycles. The van der Waals surface area contributed by atoms with Crippen molar-refractivity contribution in [1.82, 2.24) is 9.88 Å². The average Bonchev–Trinajstić information content (AvgIpc) is 2.87. The summed E-state index contributed by atoms with van der Waals surface area (Å²) in [5, 5.41) is 4.54. The second-order valence-corrected chi connectivity index (χ2v) is 7.22. The molecule has 3 nitrogen and oxygen atoms in total. The molecule has 0 saturated heterocycles. The van der Waals surface area contributed by atoms with Gasteiger partial charge in [0.2, 0.25) is 5.91 Å². The fraction of sp³-hybridized carbons (Fsp3) is 0.550. The molecule has 1 N–H and O–H groups in total. The lowest BCUT2D eigenvalue weighted by atomic mass is 9.78. The fourth-order valence-electron chi connectivity index (χ4n) is 3.94. The molecule has 0 unspecified atom stereocenters. The average molecular weight is 312 g/mol. The zero-order chi connectivity index (χ0) is 16.4. The standard InChI is InChI=1S/C20H28N2O/c1-14-7-6-9-18(15(14)2)21-20(23)12-11-16-13-22(3)19-10-5-4-8-17(16)19/h4-5,8,10,13-15,18H,6-7,9,11-12H2,1-3H3,(H,21,23)/t14-,15+,18-/m1/s1. The molecular weight excluding hydrogens is 284 g/mol. The van der Waals surface area contributed by atoms with E-state index in [0.717, 1.165) is 12.8 Å². The minimum atomic E-state index is 0.198. The van der Waals surface area contributed by atoms with E-state index in [2.05, 4.69) is 61.2 Å². The Hall–Kier alpha value is -1.77. The maximum Gasteiger partial charge on any atom is 0.220 e. The molecule has 0 bridgehead atoms. The number of carbonyl (C=O) groups excluding carboxylic acids is 1. The van der Waals surface area contributed by atoms with Crippen LogP contribution in [0.1, 0.15) is 45.1 Å². The molecule has 1 aromatic heterocycles. The fourth-order valence-corrected chi connectivity index (χ4v) is 3.94. The Morgan fingerprint density at radius 3 is 2.87 bits per heavy atom. The molecule has 1 amide bonds. The summed E-state index contributed by atoms with van der Waals surface area (Å²) in [6.45, 7) is 4.58. The Kier molecular flexibility index (Phi) is 4.74. The van der Waals surface area contributed by atoms with E-state index in [1.807, 2.05) is 0 Å². The van der Waals surface area contributed by atoms with E-state index in [-0.39, 0.29) is 5.91 Å². The lowest BCUT2D eigenvalue weighted by molar-refractivity contribution is -0.122. The Balaban J connectivity index is 1.60. The first-order chi connectivity index (χ1) is 11.1. The van der Waals surface area contributed by atoms with Gasteiger partial charge in [-0.3, -0.25) is 4.79 Å². The summed E-state index contributed by atoms with van der Waals surface area (Å²) in [5.41, 5.74) is 2.50. The number of fused-ring (bicyclic) bond motifs is 1. The summed E-state index contributed by atoms with van der Waals surface area (Å²) in [6, 6.07) is 8.76. The highest BCUT2D eigenvalue weighted by atomic mass is 16.1. The van der Waals surface area contributed by atoms with Crippen LogP contribution in [-0.4, -0.2) is 16.5 Å². The molecule has 1 fully saturated rings. The van der Waals surface area contributed by atoms with Crippen LogP contribution in [0.15, 0.2) is 30.5 Å².